The average molecular weight is 273 g/mol. The molecule has 0 heterocycles. The van der Waals surface area contributed by atoms with Gasteiger partial charge in [-0.2, -0.15) is 0 Å². The molecule has 2 rings (SSSR count). The Morgan fingerprint density at radius 2 is 2.22 bits per heavy atom. The monoisotopic (exact) mass is 272 g/mol. The third-order valence-electron chi connectivity index (χ3n) is 3.60. The van der Waals surface area contributed by atoms with Crippen molar-refractivity contribution in [2.75, 3.05) is 11.9 Å². The maximum atomic E-state index is 13.2. The predicted molar refractivity (Wildman–Crippen MR) is 68.5 cm³/mol. The molecule has 0 radical (unpaired) electrons. The van der Waals surface area contributed by atoms with Crippen molar-refractivity contribution in [3.05, 3.63) is 33.1 Å². The molecule has 18 heavy (non-hydrogen) atoms. The fourth-order valence-corrected chi connectivity index (χ4v) is 2.11. The van der Waals surface area contributed by atoms with Crippen LogP contribution in [-0.2, 0) is 0 Å². The molecule has 0 saturated heterocycles. The molecule has 0 aliphatic heterocycles. The lowest BCUT2D eigenvalue weighted by molar-refractivity contribution is -0.384. The summed E-state index contributed by atoms with van der Waals surface area (Å²) in [5, 5.41) is 13.8. The van der Waals surface area contributed by atoms with E-state index in [4.69, 9.17) is 11.6 Å². The van der Waals surface area contributed by atoms with E-state index in [2.05, 4.69) is 12.2 Å². The van der Waals surface area contributed by atoms with Crippen LogP contribution in [0.25, 0.3) is 0 Å². The van der Waals surface area contributed by atoms with Gasteiger partial charge in [0, 0.05) is 6.54 Å². The molecule has 0 spiro atoms. The van der Waals surface area contributed by atoms with Crippen molar-refractivity contribution in [2.45, 2.75) is 26.2 Å². The zero-order chi connectivity index (χ0) is 13.3. The second-order valence-corrected chi connectivity index (χ2v) is 5.15. The maximum absolute atomic E-state index is 13.2. The van der Waals surface area contributed by atoms with E-state index in [1.54, 1.807) is 0 Å². The van der Waals surface area contributed by atoms with Crippen LogP contribution in [0.4, 0.5) is 15.8 Å². The molecule has 1 fully saturated rings. The Bertz CT molecular complexity index is 489. The van der Waals surface area contributed by atoms with Crippen LogP contribution in [0.5, 0.6) is 0 Å². The number of anilines is 1. The van der Waals surface area contributed by atoms with E-state index >= 15 is 0 Å². The normalized spacial score (nSPS) is 16.4. The van der Waals surface area contributed by atoms with Crippen molar-refractivity contribution in [3.8, 4) is 0 Å². The Morgan fingerprint density at radius 3 is 2.72 bits per heavy atom. The Balaban J connectivity index is 2.20. The van der Waals surface area contributed by atoms with Crippen LogP contribution >= 0.6 is 11.6 Å². The van der Waals surface area contributed by atoms with Gasteiger partial charge in [-0.05, 0) is 30.7 Å². The summed E-state index contributed by atoms with van der Waals surface area (Å²) in [5.41, 5.74) is 0.254. The molecule has 6 heteroatoms. The maximum Gasteiger partial charge on any atom is 0.295 e. The fourth-order valence-electron chi connectivity index (χ4n) is 1.94. The molecular weight excluding hydrogens is 259 g/mol. The highest BCUT2D eigenvalue weighted by Gasteiger charge is 2.40. The average Bonchev–Trinajstić information content (AvgIpc) is 3.10. The Hall–Kier alpha value is -1.36. The SMILES string of the molecule is CCC1(CNc2cc(Cl)c(F)cc2[N+](=O)[O-])CC1. The molecule has 1 saturated carbocycles. The minimum atomic E-state index is -0.773. The highest BCUT2D eigenvalue weighted by Crippen LogP contribution is 2.48. The molecule has 1 aliphatic carbocycles. The van der Waals surface area contributed by atoms with Gasteiger partial charge in [0.1, 0.15) is 11.5 Å². The number of rotatable bonds is 5. The summed E-state index contributed by atoms with van der Waals surface area (Å²) in [6, 6.07) is 2.14. The molecule has 0 bridgehead atoms. The van der Waals surface area contributed by atoms with Crippen LogP contribution < -0.4 is 5.32 Å². The first-order valence-corrected chi connectivity index (χ1v) is 6.22. The standard InChI is InChI=1S/C12H14ClFN2O2/c1-2-12(3-4-12)7-15-10-5-8(13)9(14)6-11(10)16(17)18/h5-6,15H,2-4,7H2,1H3. The van der Waals surface area contributed by atoms with Gasteiger partial charge in [-0.25, -0.2) is 4.39 Å². The van der Waals surface area contributed by atoms with Crippen molar-refractivity contribution in [1.82, 2.24) is 0 Å². The predicted octanol–water partition coefficient (Wildman–Crippen LogP) is 3.99. The summed E-state index contributed by atoms with van der Waals surface area (Å²) < 4.78 is 13.2. The molecule has 1 aromatic carbocycles. The molecule has 1 aliphatic rings. The van der Waals surface area contributed by atoms with Gasteiger partial charge in [-0.3, -0.25) is 10.1 Å². The van der Waals surface area contributed by atoms with Crippen LogP contribution in [0.15, 0.2) is 12.1 Å². The molecule has 0 aromatic heterocycles. The lowest BCUT2D eigenvalue weighted by atomic mass is 10.0. The van der Waals surface area contributed by atoms with Gasteiger partial charge < -0.3 is 5.32 Å². The quantitative estimate of drug-likeness (QED) is 0.651. The molecular formula is C12H14ClFN2O2. The Kier molecular flexibility index (Phi) is 3.43. The van der Waals surface area contributed by atoms with Crippen LogP contribution in [0, 0.1) is 21.3 Å². The van der Waals surface area contributed by atoms with E-state index in [1.165, 1.54) is 6.07 Å². The number of nitro benzene ring substituents is 1. The minimum absolute atomic E-state index is 0.107. The summed E-state index contributed by atoms with van der Waals surface area (Å²) in [5.74, 6) is -0.773. The lowest BCUT2D eigenvalue weighted by Gasteiger charge is -2.14. The number of nitrogens with one attached hydrogen (secondary N) is 1. The van der Waals surface area contributed by atoms with E-state index in [0.29, 0.717) is 6.54 Å². The highest BCUT2D eigenvalue weighted by atomic mass is 35.5. The van der Waals surface area contributed by atoms with Gasteiger partial charge >= 0.3 is 0 Å². The van der Waals surface area contributed by atoms with Crippen molar-refractivity contribution in [1.29, 1.82) is 0 Å². The summed E-state index contributed by atoms with van der Waals surface area (Å²) in [4.78, 5) is 10.2. The first-order chi connectivity index (χ1) is 8.47. The van der Waals surface area contributed by atoms with Gasteiger partial charge in [0.15, 0.2) is 0 Å². The van der Waals surface area contributed by atoms with Crippen molar-refractivity contribution in [3.63, 3.8) is 0 Å². The molecule has 0 amide bonds. The molecule has 98 valence electrons. The number of nitro groups is 1. The number of halogens is 2. The molecule has 1 N–H and O–H groups in total. The second kappa shape index (κ2) is 4.72. The first kappa shape index (κ1) is 13.1. The third kappa shape index (κ3) is 2.56. The summed E-state index contributed by atoms with van der Waals surface area (Å²) in [7, 11) is 0. The highest BCUT2D eigenvalue weighted by molar-refractivity contribution is 6.31. The lowest BCUT2D eigenvalue weighted by Crippen LogP contribution is -2.15. The number of benzene rings is 1. The van der Waals surface area contributed by atoms with E-state index < -0.39 is 10.7 Å². The first-order valence-electron chi connectivity index (χ1n) is 5.85. The van der Waals surface area contributed by atoms with Gasteiger partial charge in [-0.15, -0.1) is 0 Å². The van der Waals surface area contributed by atoms with Crippen molar-refractivity contribution >= 4 is 23.0 Å². The van der Waals surface area contributed by atoms with Gasteiger partial charge in [0.25, 0.3) is 5.69 Å². The zero-order valence-electron chi connectivity index (χ0n) is 10.0. The van der Waals surface area contributed by atoms with Crippen LogP contribution in [0.3, 0.4) is 0 Å². The zero-order valence-corrected chi connectivity index (χ0v) is 10.8. The minimum Gasteiger partial charge on any atom is -0.379 e. The molecule has 0 atom stereocenters. The van der Waals surface area contributed by atoms with Crippen LogP contribution in [0.1, 0.15) is 26.2 Å². The van der Waals surface area contributed by atoms with E-state index in [0.717, 1.165) is 25.3 Å². The fraction of sp³-hybridized carbons (Fsp3) is 0.500. The van der Waals surface area contributed by atoms with E-state index in [1.807, 2.05) is 0 Å². The van der Waals surface area contributed by atoms with Crippen LogP contribution in [0.2, 0.25) is 5.02 Å². The van der Waals surface area contributed by atoms with Crippen LogP contribution in [-0.4, -0.2) is 11.5 Å². The number of nitrogens with zero attached hydrogens (tertiary/aromatic N) is 1. The largest absolute Gasteiger partial charge is 0.379 e. The Morgan fingerprint density at radius 1 is 1.56 bits per heavy atom. The Labute approximate surface area is 109 Å². The van der Waals surface area contributed by atoms with Gasteiger partial charge in [0.2, 0.25) is 0 Å². The van der Waals surface area contributed by atoms with Crippen molar-refractivity contribution in [2.24, 2.45) is 5.41 Å². The summed E-state index contributed by atoms with van der Waals surface area (Å²) in [6.07, 6.45) is 3.28. The smallest absolute Gasteiger partial charge is 0.295 e. The summed E-state index contributed by atoms with van der Waals surface area (Å²) >= 11 is 5.65. The summed E-state index contributed by atoms with van der Waals surface area (Å²) in [6.45, 7) is 2.76. The van der Waals surface area contributed by atoms with Gasteiger partial charge in [-0.1, -0.05) is 18.5 Å². The van der Waals surface area contributed by atoms with E-state index in [9.17, 15) is 14.5 Å². The number of hydrogen-bond acceptors (Lipinski definition) is 3. The second-order valence-electron chi connectivity index (χ2n) is 4.75. The van der Waals surface area contributed by atoms with Crippen molar-refractivity contribution < 1.29 is 9.31 Å². The number of hydrogen-bond donors (Lipinski definition) is 1. The molecule has 4 nitrogen and oxygen atoms in total. The van der Waals surface area contributed by atoms with E-state index in [-0.39, 0.29) is 21.8 Å². The molecule has 1 aromatic rings. The topological polar surface area (TPSA) is 55.2 Å². The molecule has 0 unspecified atom stereocenters. The third-order valence-corrected chi connectivity index (χ3v) is 3.89. The van der Waals surface area contributed by atoms with Gasteiger partial charge in [0.05, 0.1) is 16.0 Å².